The normalized spacial score (nSPS) is 43.2. The average Bonchev–Trinajstić information content (AvgIpc) is 3.17. The van der Waals surface area contributed by atoms with Gasteiger partial charge >= 0.3 is 0 Å². The molecule has 1 N–H and O–H groups in total. The van der Waals surface area contributed by atoms with Gasteiger partial charge in [-0.2, -0.15) is 0 Å². The molecule has 5 atom stereocenters. The summed E-state index contributed by atoms with van der Waals surface area (Å²) in [4.78, 5) is 18.2. The fraction of sp³-hybridized carbons (Fsp3) is 0.731. The summed E-state index contributed by atoms with van der Waals surface area (Å²) in [5.74, 6) is 2.80. The third-order valence-corrected chi connectivity index (χ3v) is 9.43. The molecule has 6 aliphatic rings. The number of carbonyl (C=O) groups is 1. The molecule has 4 aliphatic carbocycles. The zero-order valence-electron chi connectivity index (χ0n) is 18.9. The molecule has 7 rings (SSSR count). The minimum Gasteiger partial charge on any atom is -0.390 e. The summed E-state index contributed by atoms with van der Waals surface area (Å²) in [6, 6.07) is 9.19. The highest BCUT2D eigenvalue weighted by Crippen LogP contribution is 2.63. The van der Waals surface area contributed by atoms with Gasteiger partial charge in [0, 0.05) is 38.0 Å². The Bertz CT molecular complexity index is 859. The molecule has 170 valence electrons. The van der Waals surface area contributed by atoms with Crippen LogP contribution in [0.1, 0.15) is 62.1 Å². The lowest BCUT2D eigenvalue weighted by Gasteiger charge is -2.60. The lowest BCUT2D eigenvalue weighted by molar-refractivity contribution is -0.171. The maximum atomic E-state index is 13.5. The van der Waals surface area contributed by atoms with Crippen molar-refractivity contribution in [3.05, 3.63) is 35.4 Å². The van der Waals surface area contributed by atoms with Crippen molar-refractivity contribution in [1.82, 2.24) is 9.80 Å². The average molecular weight is 445 g/mol. The number of amides is 1. The number of likely N-dealkylation sites (tertiary alicyclic amines) is 2. The first kappa shape index (κ1) is 21.7. The van der Waals surface area contributed by atoms with E-state index in [0.29, 0.717) is 42.0 Å². The molecular formula is C26H37ClN2O2. The molecule has 2 heterocycles. The number of hydrogen-bond donors (Lipinski definition) is 1. The van der Waals surface area contributed by atoms with Crippen LogP contribution in [0.15, 0.2) is 24.3 Å². The van der Waals surface area contributed by atoms with Crippen molar-refractivity contribution in [2.45, 2.75) is 63.5 Å². The van der Waals surface area contributed by atoms with Crippen molar-refractivity contribution < 1.29 is 9.90 Å². The molecule has 4 bridgehead atoms. The minimum absolute atomic E-state index is 0. The van der Waals surface area contributed by atoms with Crippen LogP contribution in [-0.2, 0) is 4.79 Å². The van der Waals surface area contributed by atoms with Crippen molar-refractivity contribution in [2.24, 2.45) is 29.1 Å². The number of carbonyl (C=O) groups excluding carboxylic acids is 1. The van der Waals surface area contributed by atoms with Crippen LogP contribution in [0.2, 0.25) is 0 Å². The molecule has 1 aromatic rings. The largest absolute Gasteiger partial charge is 0.390 e. The van der Waals surface area contributed by atoms with Gasteiger partial charge in [0.25, 0.3) is 0 Å². The predicted molar refractivity (Wildman–Crippen MR) is 124 cm³/mol. The predicted octanol–water partition coefficient (Wildman–Crippen LogP) is 4.20. The lowest BCUT2D eigenvalue weighted by atomic mass is 9.47. The summed E-state index contributed by atoms with van der Waals surface area (Å²) < 4.78 is 0. The molecule has 4 nitrogen and oxygen atoms in total. The molecule has 6 fully saturated rings. The summed E-state index contributed by atoms with van der Waals surface area (Å²) in [6.45, 7) is 5.12. The Morgan fingerprint density at radius 1 is 1.10 bits per heavy atom. The van der Waals surface area contributed by atoms with Gasteiger partial charge in [-0.1, -0.05) is 24.3 Å². The second kappa shape index (κ2) is 7.46. The van der Waals surface area contributed by atoms with Gasteiger partial charge in [-0.25, -0.2) is 0 Å². The molecule has 2 saturated heterocycles. The number of hydrogen-bond acceptors (Lipinski definition) is 3. The molecule has 2 unspecified atom stereocenters. The summed E-state index contributed by atoms with van der Waals surface area (Å²) >= 11 is 0. The van der Waals surface area contributed by atoms with Crippen LogP contribution in [0.4, 0.5) is 0 Å². The van der Waals surface area contributed by atoms with E-state index in [2.05, 4.69) is 48.0 Å². The molecule has 31 heavy (non-hydrogen) atoms. The Hall–Kier alpha value is -1.10. The van der Waals surface area contributed by atoms with E-state index >= 15 is 0 Å². The third kappa shape index (κ3) is 3.54. The minimum atomic E-state index is -0.468. The Labute approximate surface area is 192 Å². The Morgan fingerprint density at radius 2 is 1.81 bits per heavy atom. The molecule has 1 amide bonds. The summed E-state index contributed by atoms with van der Waals surface area (Å²) in [6.07, 6.45) is 7.15. The van der Waals surface area contributed by atoms with E-state index in [0.717, 1.165) is 38.9 Å². The fourth-order valence-corrected chi connectivity index (χ4v) is 8.89. The Balaban J connectivity index is 0.00000204. The van der Waals surface area contributed by atoms with Crippen molar-refractivity contribution >= 4 is 18.3 Å². The van der Waals surface area contributed by atoms with Crippen molar-refractivity contribution in [1.29, 1.82) is 0 Å². The monoisotopic (exact) mass is 444 g/mol. The first-order valence-corrected chi connectivity index (χ1v) is 12.1. The van der Waals surface area contributed by atoms with E-state index in [-0.39, 0.29) is 17.8 Å². The zero-order valence-corrected chi connectivity index (χ0v) is 19.7. The van der Waals surface area contributed by atoms with Gasteiger partial charge in [0.15, 0.2) is 0 Å². The zero-order chi connectivity index (χ0) is 20.7. The van der Waals surface area contributed by atoms with Crippen LogP contribution in [0.25, 0.3) is 0 Å². The van der Waals surface area contributed by atoms with Crippen LogP contribution < -0.4 is 0 Å². The standard InChI is InChI=1S/C26H36N2O2.ClH/c1-17-5-3-4-6-21(17)24-22-15-28(14-20(22)13-27(24)2)23(29)12-25-8-18-7-19(9-25)11-26(30,10-18)16-25;/h3-6,18-20,22,24,30H,7-16H2,1-2H3;1H/t18?,19?,20-,22+,24+,25?,26?;/m0./s1. The third-order valence-electron chi connectivity index (χ3n) is 9.43. The molecule has 0 radical (unpaired) electrons. The number of aliphatic hydroxyl groups is 1. The number of aryl methyl sites for hydroxylation is 1. The van der Waals surface area contributed by atoms with Gasteiger partial charge in [0.1, 0.15) is 0 Å². The molecule has 0 aromatic heterocycles. The van der Waals surface area contributed by atoms with E-state index in [1.165, 1.54) is 30.4 Å². The number of nitrogens with zero attached hydrogens (tertiary/aromatic N) is 2. The van der Waals surface area contributed by atoms with Gasteiger partial charge in [0.2, 0.25) is 5.91 Å². The second-order valence-corrected chi connectivity index (χ2v) is 11.8. The maximum Gasteiger partial charge on any atom is 0.223 e. The molecule has 2 aliphatic heterocycles. The molecule has 5 heteroatoms. The van der Waals surface area contributed by atoms with Crippen LogP contribution in [0, 0.1) is 36.0 Å². The highest BCUT2D eigenvalue weighted by molar-refractivity contribution is 5.85. The Morgan fingerprint density at radius 3 is 2.48 bits per heavy atom. The van der Waals surface area contributed by atoms with Gasteiger partial charge in [-0.3, -0.25) is 9.69 Å². The van der Waals surface area contributed by atoms with Crippen LogP contribution >= 0.6 is 12.4 Å². The quantitative estimate of drug-likeness (QED) is 0.759. The summed E-state index contributed by atoms with van der Waals surface area (Å²) in [5, 5.41) is 11.1. The number of halogens is 1. The topological polar surface area (TPSA) is 43.8 Å². The van der Waals surface area contributed by atoms with E-state index in [1.807, 2.05) is 0 Å². The molecule has 1 aromatic carbocycles. The number of fused-ring (bicyclic) bond motifs is 1. The maximum absolute atomic E-state index is 13.5. The van der Waals surface area contributed by atoms with E-state index in [9.17, 15) is 9.90 Å². The molecular weight excluding hydrogens is 408 g/mol. The van der Waals surface area contributed by atoms with Gasteiger partial charge in [-0.05, 0) is 86.8 Å². The van der Waals surface area contributed by atoms with E-state index in [1.54, 1.807) is 0 Å². The SMILES string of the molecule is Cc1ccccc1[C@@H]1[C@@H]2CN(C(=O)CC34CC5CC(CC(O)(C5)C3)C4)C[C@@H]2CN1C.Cl. The fourth-order valence-electron chi connectivity index (χ4n) is 8.89. The second-order valence-electron chi connectivity index (χ2n) is 11.8. The van der Waals surface area contributed by atoms with E-state index in [4.69, 9.17) is 0 Å². The van der Waals surface area contributed by atoms with Crippen molar-refractivity contribution in [3.63, 3.8) is 0 Å². The Kier molecular flexibility index (Phi) is 5.23. The smallest absolute Gasteiger partial charge is 0.223 e. The van der Waals surface area contributed by atoms with Gasteiger partial charge in [-0.15, -0.1) is 12.4 Å². The summed E-state index contributed by atoms with van der Waals surface area (Å²) in [5.41, 5.74) is 2.41. The van der Waals surface area contributed by atoms with Crippen LogP contribution in [0.3, 0.4) is 0 Å². The summed E-state index contributed by atoms with van der Waals surface area (Å²) in [7, 11) is 2.25. The number of rotatable bonds is 3. The van der Waals surface area contributed by atoms with Gasteiger partial charge in [0.05, 0.1) is 5.60 Å². The highest BCUT2D eigenvalue weighted by atomic mass is 35.5. The number of benzene rings is 1. The van der Waals surface area contributed by atoms with Gasteiger partial charge < -0.3 is 10.0 Å². The highest BCUT2D eigenvalue weighted by Gasteiger charge is 2.58. The first-order chi connectivity index (χ1) is 14.3. The van der Waals surface area contributed by atoms with E-state index < -0.39 is 5.60 Å². The van der Waals surface area contributed by atoms with Crippen molar-refractivity contribution in [2.75, 3.05) is 26.7 Å². The first-order valence-electron chi connectivity index (χ1n) is 12.1. The molecule has 0 spiro atoms. The van der Waals surface area contributed by atoms with Crippen LogP contribution in [0.5, 0.6) is 0 Å². The van der Waals surface area contributed by atoms with Crippen molar-refractivity contribution in [3.8, 4) is 0 Å². The van der Waals surface area contributed by atoms with Crippen LogP contribution in [-0.4, -0.2) is 53.1 Å². The molecule has 4 saturated carbocycles. The lowest BCUT2D eigenvalue weighted by Crippen LogP contribution is -2.56.